The monoisotopic (exact) mass is 505 g/mol. The normalized spacial score (nSPS) is 10.9. The van der Waals surface area contributed by atoms with Gasteiger partial charge in [0.05, 0.1) is 34.3 Å². The molecule has 0 saturated carbocycles. The zero-order valence-corrected chi connectivity index (χ0v) is 20.0. The van der Waals surface area contributed by atoms with Gasteiger partial charge in [-0.2, -0.15) is 0 Å². The van der Waals surface area contributed by atoms with Gasteiger partial charge in [-0.15, -0.1) is 0 Å². The van der Waals surface area contributed by atoms with E-state index >= 15 is 0 Å². The van der Waals surface area contributed by atoms with Crippen molar-refractivity contribution in [1.82, 2.24) is 0 Å². The number of halogens is 2. The Kier molecular flexibility index (Phi) is 6.15. The second-order valence-corrected chi connectivity index (χ2v) is 8.63. The lowest BCUT2D eigenvalue weighted by molar-refractivity contribution is 0.409. The van der Waals surface area contributed by atoms with E-state index in [4.69, 9.17) is 13.9 Å². The van der Waals surface area contributed by atoms with Gasteiger partial charge in [-0.25, -0.2) is 4.42 Å². The first-order valence-corrected chi connectivity index (χ1v) is 10.5. The predicted octanol–water partition coefficient (Wildman–Crippen LogP) is 7.67. The molecule has 0 unspecified atom stereocenters. The van der Waals surface area contributed by atoms with Crippen LogP contribution in [0, 0.1) is 27.7 Å². The third kappa shape index (κ3) is 3.83. The number of hydrogen-bond donors (Lipinski definition) is 0. The number of aryl methyl sites for hydroxylation is 4. The maximum Gasteiger partial charge on any atom is 0.367 e. The Bertz CT molecular complexity index is 978. The topological polar surface area (TPSA) is 29.8 Å². The lowest BCUT2D eigenvalue weighted by atomic mass is 10.00. The van der Waals surface area contributed by atoms with Crippen LogP contribution in [0.4, 0.5) is 0 Å². The molecule has 0 saturated heterocycles. The molecule has 0 atom stereocenters. The standard InChI is InChI=1S/C23H23Br2O3/c1-12-7-16(22(26-5)18(24)9-12)20-14(3)11-15(4)21(28-20)17-8-13(2)10-19(25)23(17)27-6/h7-11H,1-6H3/q+1. The quantitative estimate of drug-likeness (QED) is 0.340. The third-order valence-corrected chi connectivity index (χ3v) is 5.80. The molecule has 28 heavy (non-hydrogen) atoms. The fraction of sp³-hybridized carbons (Fsp3) is 0.261. The fourth-order valence-electron chi connectivity index (χ4n) is 3.46. The molecule has 0 radical (unpaired) electrons. The number of hydrogen-bond acceptors (Lipinski definition) is 2. The number of ether oxygens (including phenoxy) is 2. The molecule has 0 fully saturated rings. The van der Waals surface area contributed by atoms with Crippen LogP contribution in [0.15, 0.2) is 43.7 Å². The Labute approximate surface area is 183 Å². The van der Waals surface area contributed by atoms with Gasteiger partial charge < -0.3 is 9.47 Å². The van der Waals surface area contributed by atoms with E-state index in [9.17, 15) is 0 Å². The second kappa shape index (κ2) is 8.26. The van der Waals surface area contributed by atoms with Crippen LogP contribution < -0.4 is 9.47 Å². The average Bonchev–Trinajstić information content (AvgIpc) is 2.60. The van der Waals surface area contributed by atoms with Crippen LogP contribution >= 0.6 is 31.9 Å². The Balaban J connectivity index is 2.34. The third-order valence-electron chi connectivity index (χ3n) is 4.63. The molecule has 0 aliphatic heterocycles. The maximum absolute atomic E-state index is 6.51. The van der Waals surface area contributed by atoms with Gasteiger partial charge in [-0.05, 0) is 101 Å². The Morgan fingerprint density at radius 3 is 1.39 bits per heavy atom. The number of rotatable bonds is 4. The molecule has 1 aromatic heterocycles. The van der Waals surface area contributed by atoms with E-state index in [1.807, 2.05) is 12.1 Å². The molecule has 0 N–H and O–H groups in total. The van der Waals surface area contributed by atoms with Gasteiger partial charge in [-0.1, -0.05) is 0 Å². The van der Waals surface area contributed by atoms with Crippen LogP contribution in [0.5, 0.6) is 11.5 Å². The highest BCUT2D eigenvalue weighted by Crippen LogP contribution is 2.44. The summed E-state index contributed by atoms with van der Waals surface area (Å²) in [7, 11) is 3.34. The first-order valence-electron chi connectivity index (χ1n) is 8.90. The summed E-state index contributed by atoms with van der Waals surface area (Å²) in [5, 5.41) is 0. The molecular weight excluding hydrogens is 484 g/mol. The molecule has 3 aromatic rings. The molecule has 0 amide bonds. The van der Waals surface area contributed by atoms with Crippen molar-refractivity contribution in [2.75, 3.05) is 14.2 Å². The predicted molar refractivity (Wildman–Crippen MR) is 121 cm³/mol. The summed E-state index contributed by atoms with van der Waals surface area (Å²) in [5.41, 5.74) is 6.16. The van der Waals surface area contributed by atoms with Crippen LogP contribution in [0.3, 0.4) is 0 Å². The molecule has 0 aliphatic rings. The van der Waals surface area contributed by atoms with E-state index in [0.29, 0.717) is 0 Å². The molecule has 3 nitrogen and oxygen atoms in total. The van der Waals surface area contributed by atoms with Crippen molar-refractivity contribution in [2.45, 2.75) is 27.7 Å². The Morgan fingerprint density at radius 1 is 0.643 bits per heavy atom. The van der Waals surface area contributed by atoms with Gasteiger partial charge in [0.15, 0.2) is 0 Å². The molecule has 3 rings (SSSR count). The lowest BCUT2D eigenvalue weighted by Gasteiger charge is -2.11. The minimum atomic E-state index is 0.754. The van der Waals surface area contributed by atoms with Crippen molar-refractivity contribution in [2.24, 2.45) is 0 Å². The first-order chi connectivity index (χ1) is 13.3. The number of benzene rings is 2. The van der Waals surface area contributed by atoms with Gasteiger partial charge in [0.25, 0.3) is 0 Å². The van der Waals surface area contributed by atoms with Gasteiger partial charge >= 0.3 is 11.5 Å². The van der Waals surface area contributed by atoms with Crippen LogP contribution in [-0.4, -0.2) is 14.2 Å². The Morgan fingerprint density at radius 2 is 1.04 bits per heavy atom. The smallest absolute Gasteiger partial charge is 0.367 e. The molecule has 1 heterocycles. The SMILES string of the molecule is COc1c(Br)cc(C)cc1-c1[o+]c(-c2cc(C)cc(Br)c2OC)c(C)cc1C. The van der Waals surface area contributed by atoms with E-state index in [1.54, 1.807) is 14.2 Å². The molecule has 0 spiro atoms. The maximum atomic E-state index is 6.51. The summed E-state index contributed by atoms with van der Waals surface area (Å²) in [6, 6.07) is 10.4. The second-order valence-electron chi connectivity index (χ2n) is 6.93. The highest BCUT2D eigenvalue weighted by atomic mass is 79.9. The van der Waals surface area contributed by atoms with Crippen LogP contribution in [-0.2, 0) is 0 Å². The zero-order chi connectivity index (χ0) is 20.6. The van der Waals surface area contributed by atoms with Crippen LogP contribution in [0.1, 0.15) is 22.3 Å². The first kappa shape index (κ1) is 20.9. The summed E-state index contributed by atoms with van der Waals surface area (Å²) >= 11 is 7.21. The highest BCUT2D eigenvalue weighted by Gasteiger charge is 2.29. The summed E-state index contributed by atoms with van der Waals surface area (Å²) in [5.74, 6) is 3.07. The summed E-state index contributed by atoms with van der Waals surface area (Å²) in [6.45, 7) is 8.21. The summed E-state index contributed by atoms with van der Waals surface area (Å²) in [4.78, 5) is 0. The summed E-state index contributed by atoms with van der Waals surface area (Å²) < 4.78 is 19.6. The van der Waals surface area contributed by atoms with Crippen molar-refractivity contribution in [1.29, 1.82) is 0 Å². The van der Waals surface area contributed by atoms with Crippen molar-refractivity contribution < 1.29 is 13.9 Å². The van der Waals surface area contributed by atoms with E-state index in [0.717, 1.165) is 65.3 Å². The highest BCUT2D eigenvalue weighted by molar-refractivity contribution is 9.11. The lowest BCUT2D eigenvalue weighted by Crippen LogP contribution is -1.97. The van der Waals surface area contributed by atoms with E-state index in [2.05, 4.69) is 77.8 Å². The molecule has 146 valence electrons. The number of methoxy groups -OCH3 is 2. The average molecular weight is 507 g/mol. The Hall–Kier alpha value is -1.85. The van der Waals surface area contributed by atoms with Gasteiger partial charge in [-0.3, -0.25) is 0 Å². The molecule has 5 heteroatoms. The largest absolute Gasteiger partial charge is 0.495 e. The van der Waals surface area contributed by atoms with Crippen molar-refractivity contribution >= 4 is 31.9 Å². The molecule has 2 aromatic carbocycles. The van der Waals surface area contributed by atoms with Crippen molar-refractivity contribution in [3.8, 4) is 34.1 Å². The van der Waals surface area contributed by atoms with E-state index in [1.165, 1.54) is 0 Å². The molecular formula is C23H23Br2O3+. The summed E-state index contributed by atoms with van der Waals surface area (Å²) in [6.07, 6.45) is 0. The van der Waals surface area contributed by atoms with E-state index in [-0.39, 0.29) is 0 Å². The van der Waals surface area contributed by atoms with Gasteiger partial charge in [0.2, 0.25) is 0 Å². The minimum Gasteiger partial charge on any atom is -0.495 e. The minimum absolute atomic E-state index is 0.754. The van der Waals surface area contributed by atoms with Gasteiger partial charge in [0, 0.05) is 0 Å². The molecule has 0 aliphatic carbocycles. The van der Waals surface area contributed by atoms with Crippen LogP contribution in [0.2, 0.25) is 0 Å². The molecule has 0 bridgehead atoms. The van der Waals surface area contributed by atoms with E-state index < -0.39 is 0 Å². The van der Waals surface area contributed by atoms with Gasteiger partial charge in [0.1, 0.15) is 22.6 Å². The fourth-order valence-corrected chi connectivity index (χ4v) is 4.94. The zero-order valence-electron chi connectivity index (χ0n) is 16.9. The van der Waals surface area contributed by atoms with Crippen LogP contribution in [0.25, 0.3) is 22.6 Å². The van der Waals surface area contributed by atoms with Crippen molar-refractivity contribution in [3.63, 3.8) is 0 Å². The van der Waals surface area contributed by atoms with Crippen molar-refractivity contribution in [3.05, 3.63) is 61.5 Å².